The smallest absolute Gasteiger partial charge is 0.404 e. The van der Waals surface area contributed by atoms with E-state index in [1.165, 1.54) is 82.5 Å². The van der Waals surface area contributed by atoms with Crippen molar-refractivity contribution < 1.29 is 9.31 Å². The predicted octanol–water partition coefficient (Wildman–Crippen LogP) is 4.86. The molecule has 3 rings (SSSR count). The fourth-order valence-electron chi connectivity index (χ4n) is 3.90. The maximum Gasteiger partial charge on any atom is 0.494 e. The molecule has 0 radical (unpaired) electrons. The van der Waals surface area contributed by atoms with Gasteiger partial charge in [-0.25, -0.2) is 0 Å². The molecule has 0 atom stereocenters. The van der Waals surface area contributed by atoms with E-state index in [4.69, 9.17) is 9.31 Å². The largest absolute Gasteiger partial charge is 0.494 e. The van der Waals surface area contributed by atoms with Crippen LogP contribution < -0.4 is 5.46 Å². The summed E-state index contributed by atoms with van der Waals surface area (Å²) in [5, 5.41) is 0. The van der Waals surface area contributed by atoms with Crippen molar-refractivity contribution >= 4 is 12.6 Å². The number of rotatable bonds is 5. The van der Waals surface area contributed by atoms with E-state index >= 15 is 0 Å². The maximum atomic E-state index is 6.48. The second-order valence-electron chi connectivity index (χ2n) is 7.24. The van der Waals surface area contributed by atoms with E-state index in [1.54, 1.807) is 0 Å². The van der Waals surface area contributed by atoms with Gasteiger partial charge in [-0.15, -0.1) is 0 Å². The fraction of sp³-hybridized carbons (Fsp3) is 0.700. The zero-order chi connectivity index (χ0) is 15.7. The Morgan fingerprint density at radius 2 is 1.04 bits per heavy atom. The van der Waals surface area contributed by atoms with E-state index in [2.05, 4.69) is 30.3 Å². The molecule has 0 heterocycles. The van der Waals surface area contributed by atoms with Gasteiger partial charge in [-0.3, -0.25) is 0 Å². The van der Waals surface area contributed by atoms with Gasteiger partial charge in [-0.2, -0.15) is 0 Å². The first-order valence-corrected chi connectivity index (χ1v) is 9.78. The van der Waals surface area contributed by atoms with Crippen molar-refractivity contribution in [3.63, 3.8) is 0 Å². The molecule has 23 heavy (non-hydrogen) atoms. The normalized spacial score (nSPS) is 21.6. The van der Waals surface area contributed by atoms with Crippen molar-refractivity contribution in [2.75, 3.05) is 0 Å². The van der Waals surface area contributed by atoms with Gasteiger partial charge in [0.1, 0.15) is 0 Å². The van der Waals surface area contributed by atoms with Crippen LogP contribution in [-0.4, -0.2) is 19.3 Å². The quantitative estimate of drug-likeness (QED) is 0.571. The molecule has 0 aliphatic heterocycles. The van der Waals surface area contributed by atoms with Crippen LogP contribution in [0.3, 0.4) is 0 Å². The lowest BCUT2D eigenvalue weighted by molar-refractivity contribution is 0.0926. The molecule has 1 aromatic carbocycles. The molecule has 0 N–H and O–H groups in total. The standard InChI is InChI=1S/C20H31BO2/c1-2-9-15-19(14-8-1)22-21(18-12-6-5-7-13-18)23-20-16-10-3-4-11-17-20/h5-7,12-13,19-20H,1-4,8-11,14-17H2. The van der Waals surface area contributed by atoms with Crippen LogP contribution in [0.4, 0.5) is 0 Å². The van der Waals surface area contributed by atoms with E-state index in [-0.39, 0.29) is 7.12 Å². The van der Waals surface area contributed by atoms with E-state index < -0.39 is 0 Å². The van der Waals surface area contributed by atoms with Crippen LogP contribution in [-0.2, 0) is 9.31 Å². The molecule has 0 saturated heterocycles. The summed E-state index contributed by atoms with van der Waals surface area (Å²) >= 11 is 0. The third kappa shape index (κ3) is 5.65. The van der Waals surface area contributed by atoms with Crippen molar-refractivity contribution in [1.82, 2.24) is 0 Å². The van der Waals surface area contributed by atoms with Crippen molar-refractivity contribution in [2.45, 2.75) is 89.3 Å². The monoisotopic (exact) mass is 314 g/mol. The third-order valence-electron chi connectivity index (χ3n) is 5.31. The highest BCUT2D eigenvalue weighted by atomic mass is 16.6. The molecular formula is C20H31BO2. The highest BCUT2D eigenvalue weighted by Gasteiger charge is 2.29. The first-order chi connectivity index (χ1) is 11.4. The predicted molar refractivity (Wildman–Crippen MR) is 97.0 cm³/mol. The maximum absolute atomic E-state index is 6.48. The minimum absolute atomic E-state index is 0.178. The Labute approximate surface area is 142 Å². The van der Waals surface area contributed by atoms with Crippen LogP contribution in [0, 0.1) is 0 Å². The fourth-order valence-corrected chi connectivity index (χ4v) is 3.90. The Bertz CT molecular complexity index is 399. The molecule has 2 aliphatic carbocycles. The Hall–Kier alpha value is -0.795. The van der Waals surface area contributed by atoms with E-state index in [9.17, 15) is 0 Å². The van der Waals surface area contributed by atoms with Crippen molar-refractivity contribution in [3.05, 3.63) is 30.3 Å². The first-order valence-electron chi connectivity index (χ1n) is 9.78. The van der Waals surface area contributed by atoms with Crippen LogP contribution in [0.5, 0.6) is 0 Å². The van der Waals surface area contributed by atoms with Crippen LogP contribution in [0.15, 0.2) is 30.3 Å². The lowest BCUT2D eigenvalue weighted by atomic mass is 9.77. The van der Waals surface area contributed by atoms with Crippen LogP contribution in [0.25, 0.3) is 0 Å². The second-order valence-corrected chi connectivity index (χ2v) is 7.24. The Morgan fingerprint density at radius 1 is 0.609 bits per heavy atom. The topological polar surface area (TPSA) is 18.5 Å². The summed E-state index contributed by atoms with van der Waals surface area (Å²) in [6, 6.07) is 10.6. The average Bonchev–Trinajstić information content (AvgIpc) is 3.00. The Kier molecular flexibility index (Phi) is 7.03. The molecule has 0 bridgehead atoms. The first kappa shape index (κ1) is 17.0. The summed E-state index contributed by atoms with van der Waals surface area (Å²) in [6.07, 6.45) is 16.2. The minimum Gasteiger partial charge on any atom is -0.404 e. The van der Waals surface area contributed by atoms with Gasteiger partial charge in [-0.05, 0) is 31.1 Å². The zero-order valence-electron chi connectivity index (χ0n) is 14.4. The summed E-state index contributed by atoms with van der Waals surface area (Å²) in [6.45, 7) is 0. The number of hydrogen-bond acceptors (Lipinski definition) is 2. The molecule has 0 amide bonds. The Balaban J connectivity index is 1.65. The third-order valence-corrected chi connectivity index (χ3v) is 5.31. The number of hydrogen-bond donors (Lipinski definition) is 0. The van der Waals surface area contributed by atoms with Gasteiger partial charge in [-0.1, -0.05) is 81.7 Å². The molecule has 2 aliphatic rings. The second kappa shape index (κ2) is 9.49. The number of benzene rings is 1. The molecule has 2 fully saturated rings. The Morgan fingerprint density at radius 3 is 1.48 bits per heavy atom. The molecule has 2 nitrogen and oxygen atoms in total. The van der Waals surface area contributed by atoms with Gasteiger partial charge in [0.25, 0.3) is 0 Å². The molecular weight excluding hydrogens is 283 g/mol. The minimum atomic E-state index is -0.178. The van der Waals surface area contributed by atoms with Gasteiger partial charge in [0, 0.05) is 12.2 Å². The summed E-state index contributed by atoms with van der Waals surface area (Å²) in [5.41, 5.74) is 1.18. The molecule has 0 spiro atoms. The highest BCUT2D eigenvalue weighted by Crippen LogP contribution is 2.23. The lowest BCUT2D eigenvalue weighted by Crippen LogP contribution is -2.42. The van der Waals surface area contributed by atoms with Crippen molar-refractivity contribution in [3.8, 4) is 0 Å². The van der Waals surface area contributed by atoms with E-state index in [1.807, 2.05) is 0 Å². The van der Waals surface area contributed by atoms with Crippen LogP contribution in [0.2, 0.25) is 0 Å². The van der Waals surface area contributed by atoms with Crippen LogP contribution in [0.1, 0.15) is 77.0 Å². The van der Waals surface area contributed by atoms with Gasteiger partial charge in [0.05, 0.1) is 0 Å². The molecule has 126 valence electrons. The summed E-state index contributed by atoms with van der Waals surface area (Å²) < 4.78 is 13.0. The van der Waals surface area contributed by atoms with Crippen LogP contribution >= 0.6 is 0 Å². The van der Waals surface area contributed by atoms with Crippen molar-refractivity contribution in [2.24, 2.45) is 0 Å². The SMILES string of the molecule is c1ccc(B(OC2CCCCCC2)OC2CCCCCC2)cc1. The van der Waals surface area contributed by atoms with E-state index in [0.717, 1.165) is 0 Å². The molecule has 0 aromatic heterocycles. The summed E-state index contributed by atoms with van der Waals surface area (Å²) in [7, 11) is -0.178. The van der Waals surface area contributed by atoms with E-state index in [0.29, 0.717) is 12.2 Å². The molecule has 2 saturated carbocycles. The van der Waals surface area contributed by atoms with Gasteiger partial charge in [0.15, 0.2) is 0 Å². The molecule has 1 aromatic rings. The van der Waals surface area contributed by atoms with Gasteiger partial charge >= 0.3 is 7.12 Å². The summed E-state index contributed by atoms with van der Waals surface area (Å²) in [4.78, 5) is 0. The van der Waals surface area contributed by atoms with Crippen molar-refractivity contribution in [1.29, 1.82) is 0 Å². The van der Waals surface area contributed by atoms with Gasteiger partial charge in [0.2, 0.25) is 0 Å². The average molecular weight is 314 g/mol. The zero-order valence-corrected chi connectivity index (χ0v) is 14.4. The lowest BCUT2D eigenvalue weighted by Gasteiger charge is -2.26. The summed E-state index contributed by atoms with van der Waals surface area (Å²) in [5.74, 6) is 0. The molecule has 0 unspecified atom stereocenters. The highest BCUT2D eigenvalue weighted by molar-refractivity contribution is 6.61. The molecule has 3 heteroatoms. The van der Waals surface area contributed by atoms with Gasteiger partial charge < -0.3 is 9.31 Å².